The standard InChI is InChI=1S/C8H10N2.2C7H9N3.C7H8N2O.C7H8N2S.C7H8N2.C6H11N.2CH4/c1-2-7-6-9-5-3-8(7)10-4-1;1-2-6-3-5-9-10-7(6)8-4-1;1-2-6-7(9-3-1)10-5-4-8-6;2*1-2-6-7(8-3-1)9-4-5-10-6;1-2-6-3-5-9-7(6)8-4-1;1-2-6-3-5(1)4-7-6;;/h3,5-6,10H,1-2,4H2;3,5H,1-2,4H2,(H,8,10);1-3,8H,4-5H2,(H,9,10);2*1-3H,4-5H2,(H,8,9);1-2,4H,3,5H2,(H,8,9);5-7H,1-4H2;2*1H4. The molecule has 6 aromatic heterocycles. The van der Waals surface area contributed by atoms with Gasteiger partial charge in [0.1, 0.15) is 24.1 Å². The fraction of sp³-hybridized carbons (Fsp3) is 0.431. The predicted molar refractivity (Wildman–Crippen MR) is 282 cm³/mol. The van der Waals surface area contributed by atoms with Gasteiger partial charge in [-0.2, -0.15) is 5.10 Å². The van der Waals surface area contributed by atoms with Crippen molar-refractivity contribution in [2.75, 3.05) is 102 Å². The van der Waals surface area contributed by atoms with Gasteiger partial charge in [0.05, 0.1) is 18.4 Å². The van der Waals surface area contributed by atoms with Crippen molar-refractivity contribution in [1.82, 2.24) is 40.4 Å². The van der Waals surface area contributed by atoms with Gasteiger partial charge >= 0.3 is 0 Å². The third-order valence-electron chi connectivity index (χ3n) is 11.8. The van der Waals surface area contributed by atoms with Gasteiger partial charge in [0.15, 0.2) is 17.4 Å². The van der Waals surface area contributed by atoms with E-state index < -0.39 is 0 Å². The van der Waals surface area contributed by atoms with Gasteiger partial charge in [-0.05, 0) is 135 Å². The lowest BCUT2D eigenvalue weighted by Gasteiger charge is -2.17. The quantitative estimate of drug-likeness (QED) is 0.0719. The molecule has 0 amide bonds. The molecule has 6 aromatic rings. The molecule has 0 radical (unpaired) electrons. The SMILES string of the molecule is C.C.C1CC2CC1CN2.c1cc2c(cn1)CCCN2.c1cc2c(nn1)NCCC2.c1cnc2c(c1)CCN2.c1cnc2c(c1)NCCN2.c1cnc2c(c1)OCCN2.c1cnc2c(c1)SCCN2. The molecule has 1 saturated heterocycles. The molecule has 1 aliphatic carbocycles. The second-order valence-electron chi connectivity index (χ2n) is 16.5. The number of piperidine rings is 1. The van der Waals surface area contributed by atoms with Crippen LogP contribution in [0.2, 0.25) is 0 Å². The van der Waals surface area contributed by atoms with Gasteiger partial charge in [0, 0.05) is 98.8 Å². The summed E-state index contributed by atoms with van der Waals surface area (Å²) in [5, 5.41) is 33.7. The first-order chi connectivity index (χ1) is 32.7. The van der Waals surface area contributed by atoms with Gasteiger partial charge in [-0.3, -0.25) is 4.98 Å². The number of nitrogens with one attached hydrogen (secondary N) is 8. The van der Waals surface area contributed by atoms with Crippen molar-refractivity contribution < 1.29 is 4.74 Å². The maximum Gasteiger partial charge on any atom is 0.168 e. The average molecular weight is 942 g/mol. The highest BCUT2D eigenvalue weighted by Gasteiger charge is 2.30. The van der Waals surface area contributed by atoms with Crippen molar-refractivity contribution >= 4 is 52.2 Å². The average Bonchev–Trinajstić information content (AvgIpc) is 4.21. The molecule has 2 bridgehead atoms. The summed E-state index contributed by atoms with van der Waals surface area (Å²) in [5.41, 5.74) is 6.36. The first-order valence-electron chi connectivity index (χ1n) is 23.4. The summed E-state index contributed by atoms with van der Waals surface area (Å²) < 4.78 is 5.30. The maximum atomic E-state index is 5.30. The largest absolute Gasteiger partial charge is 0.488 e. The fourth-order valence-corrected chi connectivity index (χ4v) is 9.26. The lowest BCUT2D eigenvalue weighted by molar-refractivity contribution is 0.321. The summed E-state index contributed by atoms with van der Waals surface area (Å²) in [6.07, 6.45) is 23.0. The molecule has 14 rings (SSSR count). The number of ether oxygens (including phenoxy) is 1. The number of hydrogen-bond donors (Lipinski definition) is 8. The van der Waals surface area contributed by atoms with E-state index in [4.69, 9.17) is 4.74 Å². The van der Waals surface area contributed by atoms with E-state index in [1.165, 1.54) is 72.3 Å². The zero-order valence-electron chi connectivity index (χ0n) is 37.6. The third-order valence-corrected chi connectivity index (χ3v) is 12.8. The molecule has 2 atom stereocenters. The Morgan fingerprint density at radius 3 is 1.96 bits per heavy atom. The summed E-state index contributed by atoms with van der Waals surface area (Å²) in [6.45, 7) is 9.07. The van der Waals surface area contributed by atoms with Gasteiger partial charge in [-0.15, -0.1) is 16.9 Å². The Kier molecular flexibility index (Phi) is 21.0. The van der Waals surface area contributed by atoms with Gasteiger partial charge < -0.3 is 47.3 Å². The fourth-order valence-electron chi connectivity index (χ4n) is 8.40. The van der Waals surface area contributed by atoms with Crippen molar-refractivity contribution in [3.05, 3.63) is 121 Å². The first kappa shape index (κ1) is 50.9. The van der Waals surface area contributed by atoms with Crippen LogP contribution >= 0.6 is 11.8 Å². The molecule has 17 heteroatoms. The lowest BCUT2D eigenvalue weighted by atomic mass is 10.1. The zero-order chi connectivity index (χ0) is 44.9. The topological polar surface area (TPSA) is 196 Å². The molecular weight excluding hydrogens is 871 g/mol. The molecule has 68 heavy (non-hydrogen) atoms. The molecule has 2 unspecified atom stereocenters. The molecule has 0 aromatic carbocycles. The van der Waals surface area contributed by atoms with Gasteiger partial charge in [0.25, 0.3) is 0 Å². The van der Waals surface area contributed by atoms with E-state index >= 15 is 0 Å². The van der Waals surface area contributed by atoms with E-state index in [-0.39, 0.29) is 14.9 Å². The number of aryl methyl sites for hydroxylation is 2. The number of pyridine rings is 5. The molecule has 2 fully saturated rings. The van der Waals surface area contributed by atoms with Crippen molar-refractivity contribution in [2.24, 2.45) is 5.92 Å². The van der Waals surface area contributed by atoms with Crippen LogP contribution in [0, 0.1) is 5.92 Å². The van der Waals surface area contributed by atoms with Crippen molar-refractivity contribution in [2.45, 2.75) is 77.2 Å². The minimum atomic E-state index is 0. The van der Waals surface area contributed by atoms with Gasteiger partial charge in [-0.1, -0.05) is 20.9 Å². The summed E-state index contributed by atoms with van der Waals surface area (Å²) >= 11 is 1.86. The Morgan fingerprint density at radius 2 is 1.22 bits per heavy atom. The second kappa shape index (κ2) is 28.0. The van der Waals surface area contributed by atoms with Crippen LogP contribution < -0.4 is 47.3 Å². The summed E-state index contributed by atoms with van der Waals surface area (Å²) in [5.74, 6) is 7.96. The normalized spacial score (nSPS) is 18.1. The van der Waals surface area contributed by atoms with Crippen LogP contribution in [0.15, 0.2) is 109 Å². The number of hydrogen-bond acceptors (Lipinski definition) is 17. The molecule has 0 spiro atoms. The molecule has 1 saturated carbocycles. The molecule has 13 heterocycles. The lowest BCUT2D eigenvalue weighted by Crippen LogP contribution is -2.23. The minimum absolute atomic E-state index is 0. The van der Waals surface area contributed by atoms with Crippen LogP contribution in [0.4, 0.5) is 40.5 Å². The Morgan fingerprint density at radius 1 is 0.529 bits per heavy atom. The van der Waals surface area contributed by atoms with Crippen LogP contribution in [0.25, 0.3) is 0 Å². The number of rotatable bonds is 0. The van der Waals surface area contributed by atoms with Crippen LogP contribution in [-0.2, 0) is 19.3 Å². The molecule has 8 N–H and O–H groups in total. The van der Waals surface area contributed by atoms with E-state index in [2.05, 4.69) is 89.8 Å². The Labute approximate surface area is 407 Å². The van der Waals surface area contributed by atoms with E-state index in [0.29, 0.717) is 0 Å². The number of fused-ring (bicyclic) bond motifs is 8. The van der Waals surface area contributed by atoms with Gasteiger partial charge in [0.2, 0.25) is 0 Å². The van der Waals surface area contributed by atoms with E-state index in [0.717, 1.165) is 124 Å². The Hall–Kier alpha value is -6.46. The highest BCUT2D eigenvalue weighted by molar-refractivity contribution is 7.99. The number of nitrogens with zero attached hydrogens (tertiary/aromatic N) is 7. The summed E-state index contributed by atoms with van der Waals surface area (Å²) in [7, 11) is 0. The van der Waals surface area contributed by atoms with Crippen LogP contribution in [0.3, 0.4) is 0 Å². The minimum Gasteiger partial charge on any atom is -0.488 e. The Bertz CT molecular complexity index is 1930. The molecule has 8 aliphatic rings. The van der Waals surface area contributed by atoms with Crippen LogP contribution in [0.5, 0.6) is 5.75 Å². The maximum absolute atomic E-state index is 5.30. The predicted octanol–water partition coefficient (Wildman–Crippen LogP) is 8.76. The molecule has 362 valence electrons. The monoisotopic (exact) mass is 942 g/mol. The van der Waals surface area contributed by atoms with E-state index in [9.17, 15) is 0 Å². The molecule has 7 aliphatic heterocycles. The zero-order valence-corrected chi connectivity index (χ0v) is 38.5. The molecule has 16 nitrogen and oxygen atoms in total. The number of anilines is 7. The summed E-state index contributed by atoms with van der Waals surface area (Å²) in [6, 6.07) is 20.9. The van der Waals surface area contributed by atoms with Crippen LogP contribution in [-0.4, -0.2) is 106 Å². The van der Waals surface area contributed by atoms with Crippen LogP contribution in [0.1, 0.15) is 63.6 Å². The van der Waals surface area contributed by atoms with E-state index in [1.807, 2.05) is 85.1 Å². The van der Waals surface area contributed by atoms with Crippen molar-refractivity contribution in [1.29, 1.82) is 0 Å². The number of aromatic nitrogens is 7. The first-order valence-corrected chi connectivity index (χ1v) is 24.4. The second-order valence-corrected chi connectivity index (χ2v) is 17.6. The number of thioether (sulfide) groups is 1. The highest BCUT2D eigenvalue weighted by atomic mass is 32.2. The summed E-state index contributed by atoms with van der Waals surface area (Å²) in [4.78, 5) is 21.9. The third kappa shape index (κ3) is 15.6. The van der Waals surface area contributed by atoms with E-state index in [1.54, 1.807) is 18.6 Å². The Balaban J connectivity index is 0.000000130. The molecular formula is C51H71N15OS. The highest BCUT2D eigenvalue weighted by Crippen LogP contribution is 2.30. The van der Waals surface area contributed by atoms with Gasteiger partial charge in [-0.25, -0.2) is 19.9 Å². The van der Waals surface area contributed by atoms with Crippen molar-refractivity contribution in [3.8, 4) is 5.75 Å². The smallest absolute Gasteiger partial charge is 0.168 e. The van der Waals surface area contributed by atoms with Crippen molar-refractivity contribution in [3.63, 3.8) is 0 Å².